The van der Waals surface area contributed by atoms with Crippen LogP contribution in [0.2, 0.25) is 0 Å². The third-order valence-electron chi connectivity index (χ3n) is 4.44. The summed E-state index contributed by atoms with van der Waals surface area (Å²) < 4.78 is 39.0. The number of hydrogen-bond donors (Lipinski definition) is 0. The molecule has 0 aliphatic carbocycles. The van der Waals surface area contributed by atoms with Gasteiger partial charge in [0.05, 0.1) is 17.9 Å². The van der Waals surface area contributed by atoms with Gasteiger partial charge in [-0.15, -0.1) is 0 Å². The average molecular weight is 371 g/mol. The Kier molecular flexibility index (Phi) is 4.18. The Labute approximate surface area is 154 Å². The molecular weight excluding hydrogens is 355 g/mol. The molecule has 0 atom stereocenters. The monoisotopic (exact) mass is 371 g/mol. The first kappa shape index (κ1) is 17.3. The van der Waals surface area contributed by atoms with Crippen molar-refractivity contribution >= 4 is 11.5 Å². The molecule has 0 saturated heterocycles. The number of nitrogens with zero attached hydrogens (tertiary/aromatic N) is 5. The summed E-state index contributed by atoms with van der Waals surface area (Å²) in [5.74, 6) is 0.794. The van der Waals surface area contributed by atoms with Gasteiger partial charge in [0.15, 0.2) is 5.82 Å². The van der Waals surface area contributed by atoms with Gasteiger partial charge in [0.1, 0.15) is 6.33 Å². The number of aromatic nitrogens is 3. The summed E-state index contributed by atoms with van der Waals surface area (Å²) in [6.07, 6.45) is 2.20. The van der Waals surface area contributed by atoms with E-state index in [1.807, 2.05) is 18.0 Å². The lowest BCUT2D eigenvalue weighted by Gasteiger charge is -2.19. The molecule has 0 fully saturated rings. The van der Waals surface area contributed by atoms with Crippen LogP contribution in [-0.2, 0) is 12.7 Å². The minimum atomic E-state index is -4.38. The van der Waals surface area contributed by atoms with E-state index in [0.717, 1.165) is 29.2 Å². The van der Waals surface area contributed by atoms with Gasteiger partial charge in [-0.25, -0.2) is 15.0 Å². The highest BCUT2D eigenvalue weighted by atomic mass is 19.4. The number of pyridine rings is 1. The predicted octanol–water partition coefficient (Wildman–Crippen LogP) is 3.97. The van der Waals surface area contributed by atoms with Crippen molar-refractivity contribution in [3.63, 3.8) is 0 Å². The van der Waals surface area contributed by atoms with Crippen molar-refractivity contribution in [2.24, 2.45) is 0 Å². The van der Waals surface area contributed by atoms with Gasteiger partial charge in [-0.3, -0.25) is 0 Å². The molecule has 1 aromatic carbocycles. The predicted molar refractivity (Wildman–Crippen MR) is 96.2 cm³/mol. The van der Waals surface area contributed by atoms with Gasteiger partial charge < -0.3 is 9.80 Å². The van der Waals surface area contributed by atoms with E-state index in [9.17, 15) is 13.2 Å². The van der Waals surface area contributed by atoms with E-state index in [-0.39, 0.29) is 0 Å². The van der Waals surface area contributed by atoms with Gasteiger partial charge in [0.25, 0.3) is 0 Å². The molecule has 1 aliphatic rings. The molecule has 138 valence electrons. The van der Waals surface area contributed by atoms with E-state index in [4.69, 9.17) is 0 Å². The molecule has 0 saturated carbocycles. The molecule has 0 bridgehead atoms. The standard InChI is InChI=1S/C19H16F3N5/c1-26-12-27(10-13-7-23-11-24-8-13)17-6-15(9-25-18(17)26)14-3-2-4-16(5-14)19(20,21)22/h2-9,11H,10,12H2,1H3. The average Bonchev–Trinajstić information content (AvgIpc) is 2.97. The van der Waals surface area contributed by atoms with Crippen molar-refractivity contribution in [2.45, 2.75) is 12.7 Å². The summed E-state index contributed by atoms with van der Waals surface area (Å²) in [7, 11) is 1.93. The van der Waals surface area contributed by atoms with Crippen LogP contribution < -0.4 is 9.80 Å². The van der Waals surface area contributed by atoms with Crippen molar-refractivity contribution in [2.75, 3.05) is 23.5 Å². The molecule has 0 spiro atoms. The molecule has 0 amide bonds. The lowest BCUT2D eigenvalue weighted by Crippen LogP contribution is -2.27. The summed E-state index contributed by atoms with van der Waals surface area (Å²) in [6.45, 7) is 1.22. The largest absolute Gasteiger partial charge is 0.416 e. The van der Waals surface area contributed by atoms with Gasteiger partial charge in [0, 0.05) is 43.3 Å². The maximum atomic E-state index is 13.0. The Bertz CT molecular complexity index is 959. The van der Waals surface area contributed by atoms with Crippen molar-refractivity contribution in [3.05, 3.63) is 66.4 Å². The second-order valence-corrected chi connectivity index (χ2v) is 6.43. The number of hydrogen-bond acceptors (Lipinski definition) is 5. The first-order valence-corrected chi connectivity index (χ1v) is 8.29. The number of benzene rings is 1. The van der Waals surface area contributed by atoms with Crippen molar-refractivity contribution in [1.29, 1.82) is 0 Å². The summed E-state index contributed by atoms with van der Waals surface area (Å²) in [5, 5.41) is 0. The fraction of sp³-hybridized carbons (Fsp3) is 0.211. The van der Waals surface area contributed by atoms with E-state index in [1.54, 1.807) is 24.7 Å². The molecule has 5 nitrogen and oxygen atoms in total. The van der Waals surface area contributed by atoms with Crippen LogP contribution >= 0.6 is 0 Å². The second-order valence-electron chi connectivity index (χ2n) is 6.43. The molecule has 8 heteroatoms. The van der Waals surface area contributed by atoms with E-state index < -0.39 is 11.7 Å². The zero-order valence-corrected chi connectivity index (χ0v) is 14.5. The molecule has 4 rings (SSSR count). The van der Waals surface area contributed by atoms with Crippen LogP contribution in [-0.4, -0.2) is 28.7 Å². The Morgan fingerprint density at radius 2 is 1.81 bits per heavy atom. The quantitative estimate of drug-likeness (QED) is 0.697. The number of alkyl halides is 3. The molecule has 2 aromatic heterocycles. The topological polar surface area (TPSA) is 45.2 Å². The molecule has 0 N–H and O–H groups in total. The summed E-state index contributed by atoms with van der Waals surface area (Å²) in [5.41, 5.74) is 2.28. The Morgan fingerprint density at radius 1 is 1.04 bits per heavy atom. The zero-order valence-electron chi connectivity index (χ0n) is 14.5. The van der Waals surface area contributed by atoms with Crippen LogP contribution in [0.5, 0.6) is 0 Å². The van der Waals surface area contributed by atoms with E-state index >= 15 is 0 Å². The molecule has 3 heterocycles. The van der Waals surface area contributed by atoms with Gasteiger partial charge in [-0.1, -0.05) is 12.1 Å². The van der Waals surface area contributed by atoms with E-state index in [2.05, 4.69) is 19.9 Å². The SMILES string of the molecule is CN1CN(Cc2cncnc2)c2cc(-c3cccc(C(F)(F)F)c3)cnc21. The van der Waals surface area contributed by atoms with Crippen LogP contribution in [0.15, 0.2) is 55.2 Å². The van der Waals surface area contributed by atoms with Crippen molar-refractivity contribution < 1.29 is 13.2 Å². The van der Waals surface area contributed by atoms with Crippen LogP contribution in [0.1, 0.15) is 11.1 Å². The maximum Gasteiger partial charge on any atom is 0.416 e. The number of rotatable bonds is 3. The Hall–Kier alpha value is -3.16. The van der Waals surface area contributed by atoms with Crippen LogP contribution in [0, 0.1) is 0 Å². The lowest BCUT2D eigenvalue weighted by atomic mass is 10.0. The fourth-order valence-corrected chi connectivity index (χ4v) is 3.17. The minimum absolute atomic E-state index is 0.484. The highest BCUT2D eigenvalue weighted by Crippen LogP contribution is 2.38. The molecule has 27 heavy (non-hydrogen) atoms. The summed E-state index contributed by atoms with van der Waals surface area (Å²) in [6, 6.07) is 7.17. The van der Waals surface area contributed by atoms with Gasteiger partial charge in [-0.05, 0) is 23.8 Å². The van der Waals surface area contributed by atoms with Crippen molar-refractivity contribution in [3.8, 4) is 11.1 Å². The van der Waals surface area contributed by atoms with Crippen LogP contribution in [0.4, 0.5) is 24.7 Å². The second kappa shape index (κ2) is 6.53. The number of halogens is 3. The third kappa shape index (κ3) is 3.42. The summed E-state index contributed by atoms with van der Waals surface area (Å²) >= 11 is 0. The Morgan fingerprint density at radius 3 is 2.56 bits per heavy atom. The van der Waals surface area contributed by atoms with Crippen LogP contribution in [0.3, 0.4) is 0 Å². The van der Waals surface area contributed by atoms with Crippen LogP contribution in [0.25, 0.3) is 11.1 Å². The van der Waals surface area contributed by atoms with Gasteiger partial charge in [0.2, 0.25) is 0 Å². The maximum absolute atomic E-state index is 13.0. The highest BCUT2D eigenvalue weighted by Gasteiger charge is 2.31. The molecule has 0 unspecified atom stereocenters. The first-order valence-electron chi connectivity index (χ1n) is 8.29. The third-order valence-corrected chi connectivity index (χ3v) is 4.44. The fourth-order valence-electron chi connectivity index (χ4n) is 3.17. The van der Waals surface area contributed by atoms with Gasteiger partial charge >= 0.3 is 6.18 Å². The molecule has 0 radical (unpaired) electrons. The number of anilines is 2. The normalized spacial score (nSPS) is 13.8. The molecular formula is C19H16F3N5. The highest BCUT2D eigenvalue weighted by molar-refractivity contribution is 5.78. The molecule has 1 aliphatic heterocycles. The smallest absolute Gasteiger partial charge is 0.346 e. The van der Waals surface area contributed by atoms with E-state index in [1.165, 1.54) is 12.4 Å². The van der Waals surface area contributed by atoms with E-state index in [0.29, 0.717) is 24.3 Å². The first-order chi connectivity index (χ1) is 12.9. The lowest BCUT2D eigenvalue weighted by molar-refractivity contribution is -0.137. The minimum Gasteiger partial charge on any atom is -0.346 e. The van der Waals surface area contributed by atoms with Crippen molar-refractivity contribution in [1.82, 2.24) is 15.0 Å². The summed E-state index contributed by atoms with van der Waals surface area (Å²) in [4.78, 5) is 16.6. The number of fused-ring (bicyclic) bond motifs is 1. The zero-order chi connectivity index (χ0) is 19.0. The van der Waals surface area contributed by atoms with Gasteiger partial charge in [-0.2, -0.15) is 13.2 Å². The molecule has 3 aromatic rings. The Balaban J connectivity index is 1.69.